The summed E-state index contributed by atoms with van der Waals surface area (Å²) in [7, 11) is 0. The zero-order valence-electron chi connectivity index (χ0n) is 15.5. The van der Waals surface area contributed by atoms with Crippen LogP contribution in [-0.2, 0) is 11.3 Å². The van der Waals surface area contributed by atoms with Gasteiger partial charge in [-0.2, -0.15) is 5.10 Å². The number of nitrogens with zero attached hydrogens (tertiary/aromatic N) is 2. The van der Waals surface area contributed by atoms with E-state index >= 15 is 0 Å². The number of aryl methyl sites for hydroxylation is 1. The molecule has 1 aliphatic rings. The monoisotopic (exact) mass is 431 g/mol. The zero-order chi connectivity index (χ0) is 19.1. The Morgan fingerprint density at radius 2 is 1.78 bits per heavy atom. The molecule has 0 unspecified atom stereocenters. The van der Waals surface area contributed by atoms with Crippen LogP contribution in [0, 0.1) is 0 Å². The number of carbonyl (C=O) groups excluding carboxylic acids is 1. The molecular formula is C21H26BrN3O2. The first kappa shape index (κ1) is 19.8. The van der Waals surface area contributed by atoms with Gasteiger partial charge in [0, 0.05) is 35.1 Å². The summed E-state index contributed by atoms with van der Waals surface area (Å²) < 4.78 is 2.45. The number of hydrogen-bond donors (Lipinski definition) is 1. The molecule has 6 heteroatoms. The molecule has 1 aromatic heterocycles. The van der Waals surface area contributed by atoms with E-state index in [1.165, 1.54) is 36.4 Å². The van der Waals surface area contributed by atoms with Crippen molar-refractivity contribution in [3.05, 3.63) is 51.2 Å². The largest absolute Gasteiger partial charge is 0.353 e. The van der Waals surface area contributed by atoms with Crippen LogP contribution in [0.4, 0.5) is 0 Å². The van der Waals surface area contributed by atoms with Gasteiger partial charge in [-0.1, -0.05) is 53.7 Å². The third-order valence-electron chi connectivity index (χ3n) is 5.00. The van der Waals surface area contributed by atoms with E-state index in [9.17, 15) is 9.59 Å². The molecule has 1 amide bonds. The second-order valence-electron chi connectivity index (χ2n) is 7.15. The van der Waals surface area contributed by atoms with Crippen LogP contribution >= 0.6 is 15.9 Å². The minimum atomic E-state index is -0.139. The Bertz CT molecular complexity index is 809. The van der Waals surface area contributed by atoms with Crippen molar-refractivity contribution in [2.75, 3.05) is 0 Å². The van der Waals surface area contributed by atoms with Crippen molar-refractivity contribution in [1.82, 2.24) is 15.1 Å². The van der Waals surface area contributed by atoms with E-state index in [0.717, 1.165) is 28.6 Å². The minimum absolute atomic E-state index is 0.0824. The first-order valence-electron chi connectivity index (χ1n) is 9.75. The molecule has 5 nitrogen and oxygen atoms in total. The lowest BCUT2D eigenvalue weighted by Crippen LogP contribution is -2.34. The molecule has 1 N–H and O–H groups in total. The Morgan fingerprint density at radius 3 is 2.48 bits per heavy atom. The first-order valence-corrected chi connectivity index (χ1v) is 10.5. The minimum Gasteiger partial charge on any atom is -0.353 e. The van der Waals surface area contributed by atoms with E-state index in [4.69, 9.17) is 0 Å². The van der Waals surface area contributed by atoms with Gasteiger partial charge < -0.3 is 5.32 Å². The van der Waals surface area contributed by atoms with Gasteiger partial charge in [0.15, 0.2) is 0 Å². The zero-order valence-corrected chi connectivity index (χ0v) is 17.1. The number of carbonyl (C=O) groups is 1. The van der Waals surface area contributed by atoms with E-state index in [-0.39, 0.29) is 11.5 Å². The van der Waals surface area contributed by atoms with Crippen LogP contribution in [0.2, 0.25) is 0 Å². The lowest BCUT2D eigenvalue weighted by Gasteiger charge is -2.16. The summed E-state index contributed by atoms with van der Waals surface area (Å²) in [6, 6.07) is 11.4. The standard InChI is InChI=1S/C21H26BrN3O2/c22-17-11-9-16(10-12-17)19-13-14-21(27)25(24-19)15-5-8-20(26)23-18-6-3-1-2-4-7-18/h9-14,18H,1-8,15H2,(H,23,26). The van der Waals surface area contributed by atoms with Crippen molar-refractivity contribution in [3.8, 4) is 11.3 Å². The van der Waals surface area contributed by atoms with Gasteiger partial charge in [-0.25, -0.2) is 4.68 Å². The molecule has 1 saturated carbocycles. The van der Waals surface area contributed by atoms with Crippen molar-refractivity contribution in [1.29, 1.82) is 0 Å². The molecule has 0 radical (unpaired) electrons. The Labute approximate surface area is 168 Å². The number of amides is 1. The predicted octanol–water partition coefficient (Wildman–Crippen LogP) is 4.29. The fourth-order valence-electron chi connectivity index (χ4n) is 3.50. The summed E-state index contributed by atoms with van der Waals surface area (Å²) in [5, 5.41) is 7.61. The SMILES string of the molecule is O=C(CCCn1nc(-c2ccc(Br)cc2)ccc1=O)NC1CCCCCC1. The topological polar surface area (TPSA) is 64.0 Å². The average Bonchev–Trinajstić information content (AvgIpc) is 2.92. The predicted molar refractivity (Wildman–Crippen MR) is 110 cm³/mol. The van der Waals surface area contributed by atoms with E-state index in [1.807, 2.05) is 24.3 Å². The van der Waals surface area contributed by atoms with E-state index < -0.39 is 0 Å². The quantitative estimate of drug-likeness (QED) is 0.693. The number of halogens is 1. The van der Waals surface area contributed by atoms with Gasteiger partial charge in [0.25, 0.3) is 5.56 Å². The molecule has 3 rings (SSSR count). The molecule has 1 fully saturated rings. The van der Waals surface area contributed by atoms with Crippen LogP contribution in [-0.4, -0.2) is 21.7 Å². The molecule has 144 valence electrons. The number of rotatable bonds is 6. The molecule has 1 aliphatic carbocycles. The van der Waals surface area contributed by atoms with Crippen molar-refractivity contribution >= 4 is 21.8 Å². The second kappa shape index (κ2) is 9.83. The van der Waals surface area contributed by atoms with Crippen LogP contribution in [0.25, 0.3) is 11.3 Å². The Kier molecular flexibility index (Phi) is 7.21. The maximum Gasteiger partial charge on any atom is 0.266 e. The van der Waals surface area contributed by atoms with Gasteiger partial charge in [-0.15, -0.1) is 0 Å². The Balaban J connectivity index is 1.54. The maximum absolute atomic E-state index is 12.2. The highest BCUT2D eigenvalue weighted by atomic mass is 79.9. The highest BCUT2D eigenvalue weighted by Gasteiger charge is 2.14. The van der Waals surface area contributed by atoms with Crippen LogP contribution < -0.4 is 10.9 Å². The average molecular weight is 432 g/mol. The summed E-state index contributed by atoms with van der Waals surface area (Å²) in [6.07, 6.45) is 8.15. The van der Waals surface area contributed by atoms with Gasteiger partial charge >= 0.3 is 0 Å². The summed E-state index contributed by atoms with van der Waals surface area (Å²) in [5.41, 5.74) is 1.57. The van der Waals surface area contributed by atoms with Gasteiger partial charge in [-0.05, 0) is 37.5 Å². The van der Waals surface area contributed by atoms with Crippen LogP contribution in [0.1, 0.15) is 51.4 Å². The normalized spacial score (nSPS) is 15.3. The molecule has 0 saturated heterocycles. The molecule has 0 bridgehead atoms. The molecule has 0 aliphatic heterocycles. The maximum atomic E-state index is 12.2. The van der Waals surface area contributed by atoms with Crippen molar-refractivity contribution < 1.29 is 4.79 Å². The lowest BCUT2D eigenvalue weighted by molar-refractivity contribution is -0.122. The van der Waals surface area contributed by atoms with Gasteiger partial charge in [0.1, 0.15) is 0 Å². The molecular weight excluding hydrogens is 406 g/mol. The van der Waals surface area contributed by atoms with Crippen LogP contribution in [0.3, 0.4) is 0 Å². The number of hydrogen-bond acceptors (Lipinski definition) is 3. The molecule has 0 atom stereocenters. The summed E-state index contributed by atoms with van der Waals surface area (Å²) in [5.74, 6) is 0.0824. The van der Waals surface area contributed by atoms with E-state index in [2.05, 4.69) is 26.3 Å². The van der Waals surface area contributed by atoms with E-state index in [0.29, 0.717) is 25.4 Å². The van der Waals surface area contributed by atoms with Gasteiger partial charge in [-0.3, -0.25) is 9.59 Å². The molecule has 27 heavy (non-hydrogen) atoms. The van der Waals surface area contributed by atoms with Gasteiger partial charge in [0.2, 0.25) is 5.91 Å². The fraction of sp³-hybridized carbons (Fsp3) is 0.476. The highest BCUT2D eigenvalue weighted by molar-refractivity contribution is 9.10. The Hall–Kier alpha value is -1.95. The lowest BCUT2D eigenvalue weighted by atomic mass is 10.1. The van der Waals surface area contributed by atoms with Crippen molar-refractivity contribution in [2.24, 2.45) is 0 Å². The third-order valence-corrected chi connectivity index (χ3v) is 5.53. The Morgan fingerprint density at radius 1 is 1.07 bits per heavy atom. The molecule has 2 aromatic rings. The van der Waals surface area contributed by atoms with Gasteiger partial charge in [0.05, 0.1) is 5.69 Å². The molecule has 1 aromatic carbocycles. The second-order valence-corrected chi connectivity index (χ2v) is 8.06. The summed E-state index contributed by atoms with van der Waals surface area (Å²) in [4.78, 5) is 24.3. The molecule has 1 heterocycles. The number of nitrogens with one attached hydrogen (secondary N) is 1. The molecule has 0 spiro atoms. The third kappa shape index (κ3) is 6.03. The summed E-state index contributed by atoms with van der Waals surface area (Å²) >= 11 is 3.42. The van der Waals surface area contributed by atoms with Crippen LogP contribution in [0.15, 0.2) is 45.7 Å². The number of benzene rings is 1. The van der Waals surface area contributed by atoms with Crippen LogP contribution in [0.5, 0.6) is 0 Å². The van der Waals surface area contributed by atoms with Crippen molar-refractivity contribution in [3.63, 3.8) is 0 Å². The van der Waals surface area contributed by atoms with Crippen molar-refractivity contribution in [2.45, 2.75) is 64.0 Å². The number of aromatic nitrogens is 2. The van der Waals surface area contributed by atoms with E-state index in [1.54, 1.807) is 6.07 Å². The summed E-state index contributed by atoms with van der Waals surface area (Å²) in [6.45, 7) is 0.446. The first-order chi connectivity index (χ1) is 13.1. The smallest absolute Gasteiger partial charge is 0.266 e. The fourth-order valence-corrected chi connectivity index (χ4v) is 3.76. The highest BCUT2D eigenvalue weighted by Crippen LogP contribution is 2.19.